The van der Waals surface area contributed by atoms with Gasteiger partial charge in [0, 0.05) is 13.5 Å². The Bertz CT molecular complexity index is 646. The lowest BCUT2D eigenvalue weighted by molar-refractivity contribution is -0.160. The monoisotopic (exact) mass is 642 g/mol. The van der Waals surface area contributed by atoms with Crippen LogP contribution in [-0.2, 0) is 23.8 Å². The highest BCUT2D eigenvalue weighted by Gasteiger charge is 2.35. The molecule has 3 atom stereocenters. The number of methoxy groups -OCH3 is 1. The Morgan fingerprint density at radius 2 is 1.00 bits per heavy atom. The number of aliphatic hydroxyl groups is 1. The van der Waals surface area contributed by atoms with Gasteiger partial charge < -0.3 is 24.6 Å². The summed E-state index contributed by atoms with van der Waals surface area (Å²) in [5.74, 6) is -0.851. The molecule has 0 rings (SSSR count). The number of hydrogen-bond donors (Lipinski definition) is 2. The highest BCUT2D eigenvalue weighted by Crippen LogP contribution is 2.18. The quantitative estimate of drug-likeness (QED) is 0.0406. The van der Waals surface area contributed by atoms with E-state index in [-0.39, 0.29) is 19.3 Å². The van der Waals surface area contributed by atoms with Gasteiger partial charge in [0.05, 0.1) is 12.7 Å². The van der Waals surface area contributed by atoms with Gasteiger partial charge in [0.2, 0.25) is 5.91 Å². The van der Waals surface area contributed by atoms with E-state index in [1.54, 1.807) is 6.92 Å². The number of aliphatic hydroxyl groups excluding tert-OH is 1. The molecule has 45 heavy (non-hydrogen) atoms. The zero-order valence-corrected chi connectivity index (χ0v) is 30.2. The molecule has 0 spiro atoms. The molecule has 0 aromatic rings. The molecule has 2 N–H and O–H groups in total. The number of amides is 1. The summed E-state index contributed by atoms with van der Waals surface area (Å²) < 4.78 is 16.1. The van der Waals surface area contributed by atoms with Crippen molar-refractivity contribution in [2.24, 2.45) is 0 Å². The van der Waals surface area contributed by atoms with E-state index in [1.165, 1.54) is 129 Å². The molecule has 0 saturated heterocycles. The topological polar surface area (TPSA) is 94.1 Å². The molecule has 0 aliphatic rings. The minimum Gasteiger partial charge on any atom is -0.464 e. The number of carbonyl (C=O) groups is 2. The van der Waals surface area contributed by atoms with Crippen molar-refractivity contribution in [1.29, 1.82) is 0 Å². The summed E-state index contributed by atoms with van der Waals surface area (Å²) in [4.78, 5) is 25.6. The van der Waals surface area contributed by atoms with Crippen LogP contribution in [0.1, 0.15) is 194 Å². The van der Waals surface area contributed by atoms with Crippen LogP contribution in [0, 0.1) is 0 Å². The first-order valence-corrected chi connectivity index (χ1v) is 19.3. The van der Waals surface area contributed by atoms with E-state index in [0.29, 0.717) is 12.8 Å². The lowest BCUT2D eigenvalue weighted by Crippen LogP contribution is -2.54. The molecule has 7 nitrogen and oxygen atoms in total. The fourth-order valence-corrected chi connectivity index (χ4v) is 5.97. The number of ether oxygens (including phenoxy) is 3. The second-order valence-electron chi connectivity index (χ2n) is 13.1. The molecule has 0 aromatic carbocycles. The number of nitrogens with one attached hydrogen (secondary N) is 1. The van der Waals surface area contributed by atoms with Crippen LogP contribution in [0.2, 0.25) is 0 Å². The lowest BCUT2D eigenvalue weighted by Gasteiger charge is -2.29. The Balaban J connectivity index is 4.40. The van der Waals surface area contributed by atoms with Crippen molar-refractivity contribution in [1.82, 2.24) is 5.32 Å². The third-order valence-electron chi connectivity index (χ3n) is 8.83. The first-order chi connectivity index (χ1) is 22.0. The number of esters is 1. The summed E-state index contributed by atoms with van der Waals surface area (Å²) in [6, 6.07) is -1.15. The van der Waals surface area contributed by atoms with Gasteiger partial charge in [-0.05, 0) is 19.8 Å². The third-order valence-corrected chi connectivity index (χ3v) is 8.83. The molecular weight excluding hydrogens is 566 g/mol. The van der Waals surface area contributed by atoms with Crippen LogP contribution in [0.4, 0.5) is 0 Å². The first-order valence-electron chi connectivity index (χ1n) is 19.3. The van der Waals surface area contributed by atoms with Gasteiger partial charge in [-0.25, -0.2) is 4.79 Å². The van der Waals surface area contributed by atoms with Crippen molar-refractivity contribution < 1.29 is 28.9 Å². The summed E-state index contributed by atoms with van der Waals surface area (Å²) in [6.07, 6.45) is 30.2. The molecule has 7 heteroatoms. The third kappa shape index (κ3) is 27.6. The Hall–Kier alpha value is -1.18. The Labute approximate surface area is 278 Å². The Morgan fingerprint density at radius 3 is 1.40 bits per heavy atom. The summed E-state index contributed by atoms with van der Waals surface area (Å²) in [7, 11) is 1.54. The zero-order valence-electron chi connectivity index (χ0n) is 30.2. The predicted molar refractivity (Wildman–Crippen MR) is 187 cm³/mol. The largest absolute Gasteiger partial charge is 0.464 e. The first kappa shape index (κ1) is 43.8. The molecule has 0 unspecified atom stereocenters. The fourth-order valence-electron chi connectivity index (χ4n) is 5.97. The van der Waals surface area contributed by atoms with Crippen LogP contribution >= 0.6 is 0 Å². The van der Waals surface area contributed by atoms with E-state index in [4.69, 9.17) is 14.2 Å². The lowest BCUT2D eigenvalue weighted by atomic mass is 9.98. The molecule has 0 radical (unpaired) electrons. The van der Waals surface area contributed by atoms with Crippen molar-refractivity contribution >= 4 is 11.9 Å². The van der Waals surface area contributed by atoms with E-state index in [2.05, 4.69) is 19.2 Å². The zero-order chi connectivity index (χ0) is 33.2. The van der Waals surface area contributed by atoms with Crippen LogP contribution in [0.5, 0.6) is 0 Å². The fraction of sp³-hybridized carbons (Fsp3) is 0.947. The second-order valence-corrected chi connectivity index (χ2v) is 13.1. The maximum absolute atomic E-state index is 12.8. The molecular formula is C38H75NO6. The summed E-state index contributed by atoms with van der Waals surface area (Å²) >= 11 is 0. The standard InChI is InChI=1S/C38H75NO6/c1-5-8-10-12-14-16-18-20-22-24-26-28-30-32-35(40)39-36(38(42)44-7-3)37(41)34(45-33-43-4)31-29-27-25-23-21-19-17-15-13-11-9-6-2/h34,36-37,41H,5-33H2,1-4H3,(H,39,40)/t34-,36-,37-/m1/s1. The molecule has 0 aliphatic heterocycles. The average molecular weight is 642 g/mol. The van der Waals surface area contributed by atoms with E-state index in [0.717, 1.165) is 38.5 Å². The number of hydrogen-bond acceptors (Lipinski definition) is 6. The highest BCUT2D eigenvalue weighted by molar-refractivity contribution is 5.85. The van der Waals surface area contributed by atoms with Crippen LogP contribution in [0.15, 0.2) is 0 Å². The van der Waals surface area contributed by atoms with Gasteiger partial charge in [-0.15, -0.1) is 0 Å². The van der Waals surface area contributed by atoms with Crippen LogP contribution < -0.4 is 5.32 Å². The molecule has 1 amide bonds. The van der Waals surface area contributed by atoms with Gasteiger partial charge in [0.1, 0.15) is 12.9 Å². The number of unbranched alkanes of at least 4 members (excludes halogenated alkanes) is 23. The van der Waals surface area contributed by atoms with Gasteiger partial charge >= 0.3 is 5.97 Å². The van der Waals surface area contributed by atoms with Crippen LogP contribution in [-0.4, -0.2) is 55.7 Å². The van der Waals surface area contributed by atoms with Crippen LogP contribution in [0.25, 0.3) is 0 Å². The van der Waals surface area contributed by atoms with E-state index >= 15 is 0 Å². The maximum Gasteiger partial charge on any atom is 0.331 e. The molecule has 0 aliphatic carbocycles. The summed E-state index contributed by atoms with van der Waals surface area (Å²) in [5.41, 5.74) is 0. The molecule has 0 saturated carbocycles. The normalized spacial score (nSPS) is 13.4. The van der Waals surface area contributed by atoms with Crippen molar-refractivity contribution in [3.05, 3.63) is 0 Å². The SMILES string of the molecule is CCCCCCCCCCCCCCCC(=O)N[C@@H](C(=O)OCC)[C@H](O)[C@@H](CCCCCCCCCCCCCC)OCOC. The highest BCUT2D eigenvalue weighted by atomic mass is 16.7. The molecule has 0 heterocycles. The minimum absolute atomic E-state index is 0.0163. The van der Waals surface area contributed by atoms with Gasteiger partial charge in [-0.3, -0.25) is 4.79 Å². The average Bonchev–Trinajstić information content (AvgIpc) is 3.03. The van der Waals surface area contributed by atoms with Gasteiger partial charge in [-0.2, -0.15) is 0 Å². The Morgan fingerprint density at radius 1 is 0.600 bits per heavy atom. The smallest absolute Gasteiger partial charge is 0.331 e. The van der Waals surface area contributed by atoms with Gasteiger partial charge in [-0.1, -0.05) is 168 Å². The summed E-state index contributed by atoms with van der Waals surface area (Å²) in [6.45, 7) is 6.43. The van der Waals surface area contributed by atoms with E-state index in [1.807, 2.05) is 0 Å². The van der Waals surface area contributed by atoms with Crippen molar-refractivity contribution in [2.75, 3.05) is 20.5 Å². The number of carbonyl (C=O) groups excluding carboxylic acids is 2. The van der Waals surface area contributed by atoms with Gasteiger partial charge in [0.25, 0.3) is 0 Å². The van der Waals surface area contributed by atoms with Crippen LogP contribution in [0.3, 0.4) is 0 Å². The molecule has 268 valence electrons. The van der Waals surface area contributed by atoms with Crippen molar-refractivity contribution in [3.8, 4) is 0 Å². The summed E-state index contributed by atoms with van der Waals surface area (Å²) in [5, 5.41) is 14.0. The van der Waals surface area contributed by atoms with E-state index < -0.39 is 24.2 Å². The van der Waals surface area contributed by atoms with E-state index in [9.17, 15) is 14.7 Å². The van der Waals surface area contributed by atoms with Crippen molar-refractivity contribution in [3.63, 3.8) is 0 Å². The van der Waals surface area contributed by atoms with Gasteiger partial charge in [0.15, 0.2) is 6.04 Å². The van der Waals surface area contributed by atoms with Crippen molar-refractivity contribution in [2.45, 2.75) is 212 Å². The predicted octanol–water partition coefficient (Wildman–Crippen LogP) is 9.96. The molecule has 0 aromatic heterocycles. The molecule has 0 fully saturated rings. The maximum atomic E-state index is 12.8. The number of rotatable bonds is 35. The molecule has 0 bridgehead atoms. The Kier molecular flexibility index (Phi) is 33.3. The minimum atomic E-state index is -1.21. The second kappa shape index (κ2) is 34.2.